The second-order valence-corrected chi connectivity index (χ2v) is 6.63. The lowest BCUT2D eigenvalue weighted by atomic mass is 9.83. The quantitative estimate of drug-likeness (QED) is 0.149. The van der Waals surface area contributed by atoms with E-state index in [-0.39, 0.29) is 12.1 Å². The van der Waals surface area contributed by atoms with E-state index in [1.807, 2.05) is 4.90 Å². The van der Waals surface area contributed by atoms with Gasteiger partial charge in [0.2, 0.25) is 0 Å². The molecular formula is C15H26N4O5. The largest absolute Gasteiger partial charge is 0.481 e. The fourth-order valence-corrected chi connectivity index (χ4v) is 3.77. The molecule has 1 aliphatic carbocycles. The summed E-state index contributed by atoms with van der Waals surface area (Å²) in [7, 11) is 0. The van der Waals surface area contributed by atoms with Crippen LogP contribution in [0.2, 0.25) is 0 Å². The molecule has 2 fully saturated rings. The Kier molecular flexibility index (Phi) is 6.82. The zero-order chi connectivity index (χ0) is 17.7. The Morgan fingerprint density at radius 2 is 1.58 bits per heavy atom. The van der Waals surface area contributed by atoms with E-state index < -0.39 is 30.2 Å². The van der Waals surface area contributed by atoms with E-state index in [4.69, 9.17) is 5.53 Å². The number of azide groups is 1. The number of likely N-dealkylation sites (tertiary alicyclic amines) is 1. The van der Waals surface area contributed by atoms with Crippen LogP contribution in [0.4, 0.5) is 0 Å². The summed E-state index contributed by atoms with van der Waals surface area (Å²) in [5, 5.41) is 42.4. The number of aliphatic hydroxyl groups excluding tert-OH is 3. The fraction of sp³-hybridized carbons (Fsp3) is 0.933. The van der Waals surface area contributed by atoms with Crippen molar-refractivity contribution in [1.82, 2.24) is 4.90 Å². The lowest BCUT2D eigenvalue weighted by Crippen LogP contribution is -2.53. The molecule has 0 bridgehead atoms. The standard InChI is InChI=1S/C15H26N4O5/c16-18-17-7-5-3-1-2-4-6-8-19-10-9(15(23)24)12(20)14(22)13(21)11(10)19/h9-14,20-22H,1-8H2,(H,23,24). The molecule has 0 aromatic heterocycles. The Hall–Kier alpha value is -1.38. The third-order valence-electron chi connectivity index (χ3n) is 5.08. The van der Waals surface area contributed by atoms with Crippen molar-refractivity contribution in [1.29, 1.82) is 0 Å². The van der Waals surface area contributed by atoms with Crippen LogP contribution in [0.3, 0.4) is 0 Å². The van der Waals surface area contributed by atoms with Crippen molar-refractivity contribution >= 4 is 5.97 Å². The maximum atomic E-state index is 11.3. The lowest BCUT2D eigenvalue weighted by molar-refractivity contribution is -0.156. The first-order chi connectivity index (χ1) is 11.5. The van der Waals surface area contributed by atoms with Gasteiger partial charge in [-0.1, -0.05) is 30.8 Å². The van der Waals surface area contributed by atoms with Crippen molar-refractivity contribution in [3.8, 4) is 0 Å². The summed E-state index contributed by atoms with van der Waals surface area (Å²) in [5.41, 5.74) is 8.16. The van der Waals surface area contributed by atoms with Gasteiger partial charge >= 0.3 is 5.97 Å². The van der Waals surface area contributed by atoms with Crippen molar-refractivity contribution in [2.45, 2.75) is 68.9 Å². The van der Waals surface area contributed by atoms with Crippen LogP contribution in [0.1, 0.15) is 38.5 Å². The smallest absolute Gasteiger partial charge is 0.310 e. The van der Waals surface area contributed by atoms with Crippen molar-refractivity contribution in [2.75, 3.05) is 13.1 Å². The summed E-state index contributed by atoms with van der Waals surface area (Å²) in [5.74, 6) is -2.18. The van der Waals surface area contributed by atoms with Crippen LogP contribution in [0.15, 0.2) is 5.11 Å². The predicted octanol–water partition coefficient (Wildman–Crippen LogP) is 0.487. The molecule has 1 heterocycles. The highest BCUT2D eigenvalue weighted by molar-refractivity contribution is 5.73. The van der Waals surface area contributed by atoms with Crippen LogP contribution in [0, 0.1) is 5.92 Å². The van der Waals surface area contributed by atoms with E-state index in [1.165, 1.54) is 0 Å². The van der Waals surface area contributed by atoms with E-state index >= 15 is 0 Å². The third-order valence-corrected chi connectivity index (χ3v) is 5.08. The van der Waals surface area contributed by atoms with E-state index in [9.17, 15) is 25.2 Å². The van der Waals surface area contributed by atoms with Gasteiger partial charge in [0.25, 0.3) is 0 Å². The number of unbranched alkanes of at least 4 members (excludes halogenated alkanes) is 5. The highest BCUT2D eigenvalue weighted by Crippen LogP contribution is 2.44. The monoisotopic (exact) mass is 342 g/mol. The summed E-state index contributed by atoms with van der Waals surface area (Å²) < 4.78 is 0. The predicted molar refractivity (Wildman–Crippen MR) is 85.1 cm³/mol. The van der Waals surface area contributed by atoms with Gasteiger partial charge in [-0.15, -0.1) is 0 Å². The molecule has 0 aromatic carbocycles. The number of hydrogen-bond donors (Lipinski definition) is 4. The van der Waals surface area contributed by atoms with Gasteiger partial charge in [-0.05, 0) is 24.9 Å². The van der Waals surface area contributed by atoms with Crippen LogP contribution >= 0.6 is 0 Å². The van der Waals surface area contributed by atoms with Crippen molar-refractivity contribution in [2.24, 2.45) is 11.0 Å². The van der Waals surface area contributed by atoms with Gasteiger partial charge in [-0.2, -0.15) is 0 Å². The summed E-state index contributed by atoms with van der Waals surface area (Å²) in [4.78, 5) is 15.9. The number of hydrogen-bond acceptors (Lipinski definition) is 6. The summed E-state index contributed by atoms with van der Waals surface area (Å²) in [6, 6.07) is -0.756. The topological polar surface area (TPSA) is 150 Å². The third kappa shape index (κ3) is 4.17. The number of nitrogens with zero attached hydrogens (tertiary/aromatic N) is 4. The van der Waals surface area contributed by atoms with Crippen LogP contribution in [-0.4, -0.2) is 74.8 Å². The molecule has 2 rings (SSSR count). The number of fused-ring (bicyclic) bond motifs is 1. The van der Waals surface area contributed by atoms with Gasteiger partial charge in [-0.3, -0.25) is 9.69 Å². The number of carbonyl (C=O) groups is 1. The van der Waals surface area contributed by atoms with Crippen LogP contribution in [0.5, 0.6) is 0 Å². The average molecular weight is 342 g/mol. The minimum atomic E-state index is -1.43. The minimum Gasteiger partial charge on any atom is -0.481 e. The molecule has 9 nitrogen and oxygen atoms in total. The van der Waals surface area contributed by atoms with Crippen LogP contribution in [-0.2, 0) is 4.79 Å². The minimum absolute atomic E-state index is 0.367. The zero-order valence-corrected chi connectivity index (χ0v) is 13.6. The molecule has 0 radical (unpaired) electrons. The number of carboxylic acid groups (broad SMARTS) is 1. The fourth-order valence-electron chi connectivity index (χ4n) is 3.77. The molecule has 4 N–H and O–H groups in total. The number of rotatable bonds is 10. The molecule has 136 valence electrons. The number of aliphatic hydroxyl groups is 3. The molecule has 0 amide bonds. The summed E-state index contributed by atoms with van der Waals surface area (Å²) in [6.45, 7) is 1.20. The molecule has 1 saturated heterocycles. The van der Waals surface area contributed by atoms with Gasteiger partial charge in [-0.25, -0.2) is 0 Å². The first kappa shape index (κ1) is 19.0. The molecule has 7 atom stereocenters. The highest BCUT2D eigenvalue weighted by atomic mass is 16.4. The van der Waals surface area contributed by atoms with E-state index in [0.717, 1.165) is 38.5 Å². The van der Waals surface area contributed by atoms with Gasteiger partial charge in [0.15, 0.2) is 0 Å². The van der Waals surface area contributed by atoms with E-state index in [2.05, 4.69) is 10.0 Å². The Bertz CT molecular complexity index is 484. The van der Waals surface area contributed by atoms with Gasteiger partial charge in [0.1, 0.15) is 12.0 Å². The highest BCUT2D eigenvalue weighted by Gasteiger charge is 2.65. The second-order valence-electron chi connectivity index (χ2n) is 6.63. The molecular weight excluding hydrogens is 316 g/mol. The summed E-state index contributed by atoms with van der Waals surface area (Å²) in [6.07, 6.45) is 1.97. The maximum absolute atomic E-state index is 11.3. The molecule has 1 saturated carbocycles. The number of aliphatic carboxylic acids is 1. The Morgan fingerprint density at radius 3 is 2.21 bits per heavy atom. The van der Waals surface area contributed by atoms with Gasteiger partial charge in [0, 0.05) is 17.5 Å². The Balaban J connectivity index is 1.67. The molecule has 1 aliphatic heterocycles. The summed E-state index contributed by atoms with van der Waals surface area (Å²) >= 11 is 0. The normalized spacial score (nSPS) is 37.4. The second kappa shape index (κ2) is 8.64. The van der Waals surface area contributed by atoms with Gasteiger partial charge in [0.05, 0.1) is 18.2 Å². The van der Waals surface area contributed by atoms with Gasteiger partial charge < -0.3 is 20.4 Å². The zero-order valence-electron chi connectivity index (χ0n) is 13.6. The molecule has 2 aliphatic rings. The van der Waals surface area contributed by atoms with E-state index in [1.54, 1.807) is 0 Å². The van der Waals surface area contributed by atoms with Crippen molar-refractivity contribution in [3.63, 3.8) is 0 Å². The van der Waals surface area contributed by atoms with Crippen LogP contribution in [0.25, 0.3) is 10.4 Å². The van der Waals surface area contributed by atoms with Crippen LogP contribution < -0.4 is 0 Å². The Morgan fingerprint density at radius 1 is 0.958 bits per heavy atom. The first-order valence-corrected chi connectivity index (χ1v) is 8.54. The van der Waals surface area contributed by atoms with E-state index in [0.29, 0.717) is 13.1 Å². The molecule has 0 spiro atoms. The molecule has 24 heavy (non-hydrogen) atoms. The lowest BCUT2D eigenvalue weighted by Gasteiger charge is -2.30. The molecule has 9 heteroatoms. The Labute approximate surface area is 140 Å². The first-order valence-electron chi connectivity index (χ1n) is 8.54. The maximum Gasteiger partial charge on any atom is 0.310 e. The van der Waals surface area contributed by atoms with Crippen molar-refractivity contribution in [3.05, 3.63) is 10.4 Å². The number of carboxylic acids is 1. The average Bonchev–Trinajstić information content (AvgIpc) is 3.24. The molecule has 0 aromatic rings. The molecule has 7 unspecified atom stereocenters. The van der Waals surface area contributed by atoms with Crippen molar-refractivity contribution < 1.29 is 25.2 Å². The SMILES string of the molecule is [N-]=[N+]=NCCCCCCCCN1C2C(O)C(O)C(O)C(C(=O)O)C21.